The van der Waals surface area contributed by atoms with Crippen LogP contribution in [0.4, 0.5) is 34.1 Å². The van der Waals surface area contributed by atoms with Crippen LogP contribution in [0.25, 0.3) is 144 Å². The zero-order chi connectivity index (χ0) is 79.3. The van der Waals surface area contributed by atoms with Crippen LogP contribution in [-0.2, 0) is 5.41 Å². The van der Waals surface area contributed by atoms with E-state index < -0.39 is 0 Å². The number of ether oxygens (including phenoxy) is 1. The Balaban J connectivity index is 0.000000148. The van der Waals surface area contributed by atoms with Crippen LogP contribution in [0.15, 0.2) is 453 Å². The molecule has 0 saturated carbocycles. The van der Waals surface area contributed by atoms with Crippen molar-refractivity contribution < 1.29 is 9.15 Å². The van der Waals surface area contributed by atoms with E-state index in [0.717, 1.165) is 106 Å². The lowest BCUT2D eigenvalue weighted by Crippen LogP contribution is -2.15. The molecule has 0 N–H and O–H groups in total. The molecule has 1 aliphatic rings. The monoisotopic (exact) mass is 1520 g/mol. The number of aromatic nitrogens is 2. The smallest absolute Gasteiger partial charge is 0.161 e. The van der Waals surface area contributed by atoms with Crippen molar-refractivity contribution >= 4 is 88.8 Å². The second-order valence-corrected chi connectivity index (χ2v) is 31.2. The Hall–Kier alpha value is -15.5. The van der Waals surface area contributed by atoms with E-state index in [-0.39, 0.29) is 5.41 Å². The van der Waals surface area contributed by atoms with Crippen LogP contribution in [0.3, 0.4) is 0 Å². The van der Waals surface area contributed by atoms with E-state index in [9.17, 15) is 0 Å². The minimum atomic E-state index is -0.215. The molecule has 119 heavy (non-hydrogen) atoms. The lowest BCUT2D eigenvalue weighted by Gasteiger charge is -2.27. The van der Waals surface area contributed by atoms with Gasteiger partial charge in [-0.2, -0.15) is 0 Å². The molecule has 3 heterocycles. The van der Waals surface area contributed by atoms with Crippen molar-refractivity contribution in [1.82, 2.24) is 9.13 Å². The summed E-state index contributed by atoms with van der Waals surface area (Å²) in [6.07, 6.45) is 2.12. The summed E-state index contributed by atoms with van der Waals surface area (Å²) >= 11 is 0. The molecule has 22 rings (SSSR count). The molecular formula is C113H80N4O2. The van der Waals surface area contributed by atoms with Crippen LogP contribution < -0.4 is 14.5 Å². The molecule has 0 fully saturated rings. The third kappa shape index (κ3) is 13.4. The Bertz CT molecular complexity index is 7120. The SMILES string of the molecule is CC1(C)c2cc(-c3cccc(N(c4ccc(-c5ccccc5)cc4)c4ccc(-c5ccccc5)cc4)c3)ccc2-c2ccc(-n3cc(Oc4ccccc4)c4ccccc43)cc21.c1ccc(-c2ccc(N(c3ccc(-c4ccccc4)cc3)c3cccc(-c4ccc5cc(-n6c7ccccc7c7oc8ccccc8c76)ccc5c4)c3)cc2)cc1. The number of benzene rings is 18. The lowest BCUT2D eigenvalue weighted by atomic mass is 9.81. The highest BCUT2D eigenvalue weighted by Gasteiger charge is 2.36. The van der Waals surface area contributed by atoms with E-state index in [0.29, 0.717) is 0 Å². The van der Waals surface area contributed by atoms with Crippen molar-refractivity contribution in [2.75, 3.05) is 9.80 Å². The first kappa shape index (κ1) is 71.3. The summed E-state index contributed by atoms with van der Waals surface area (Å²) in [4.78, 5) is 4.71. The lowest BCUT2D eigenvalue weighted by molar-refractivity contribution is 0.487. The number of fused-ring (bicyclic) bond motifs is 10. The van der Waals surface area contributed by atoms with Gasteiger partial charge in [0.15, 0.2) is 11.3 Å². The fourth-order valence-electron chi connectivity index (χ4n) is 17.6. The van der Waals surface area contributed by atoms with Gasteiger partial charge >= 0.3 is 0 Å². The van der Waals surface area contributed by atoms with Gasteiger partial charge in [0, 0.05) is 67.1 Å². The molecule has 0 atom stereocenters. The quantitative estimate of drug-likeness (QED) is 0.0966. The maximum absolute atomic E-state index is 6.43. The summed E-state index contributed by atoms with van der Waals surface area (Å²) < 4.78 is 17.5. The standard InChI is InChI=1S/C59H44N2O.C54H36N2O/c1-59(2)55-38-46(29-35-52(55)53-36-34-49(39-56(53)59)60-40-58(54-23-12-13-24-57(54)60)62-51-21-10-5-11-22-51)45-19-14-20-50(37-45)61(47-30-25-43(26-31-47)41-15-6-3-7-16-41)48-32-27-44(28-33-48)42-17-8-4-9-18-42;1-3-12-37(13-4-1)39-24-29-45(30-25-39)55(46-31-26-40(27-32-46)38-14-5-2-6-15-38)47-17-11-16-41(35-47)42-22-23-44-36-48(33-28-43(44)34-42)56-51-20-9-7-18-49(51)54-53(56)50-19-8-10-21-52(50)57-54/h3-40H,1-2H3;1-36H. The highest BCUT2D eigenvalue weighted by molar-refractivity contribution is 6.16. The van der Waals surface area contributed by atoms with Crippen LogP contribution in [0.5, 0.6) is 11.5 Å². The van der Waals surface area contributed by atoms with Gasteiger partial charge in [0.25, 0.3) is 0 Å². The van der Waals surface area contributed by atoms with E-state index in [1.165, 1.54) is 94.2 Å². The Morgan fingerprint density at radius 1 is 0.269 bits per heavy atom. The van der Waals surface area contributed by atoms with Gasteiger partial charge in [-0.25, -0.2) is 0 Å². The van der Waals surface area contributed by atoms with Crippen molar-refractivity contribution in [1.29, 1.82) is 0 Å². The molecule has 3 aromatic heterocycles. The molecule has 0 bridgehead atoms. The summed E-state index contributed by atoms with van der Waals surface area (Å²) in [7, 11) is 0. The van der Waals surface area contributed by atoms with E-state index >= 15 is 0 Å². The Labute approximate surface area is 692 Å². The van der Waals surface area contributed by atoms with Gasteiger partial charge in [-0.3, -0.25) is 0 Å². The summed E-state index contributed by atoms with van der Waals surface area (Å²) in [6.45, 7) is 4.72. The molecule has 0 radical (unpaired) electrons. The minimum Gasteiger partial charge on any atom is -0.455 e. The van der Waals surface area contributed by atoms with Gasteiger partial charge < -0.3 is 28.1 Å². The minimum absolute atomic E-state index is 0.215. The van der Waals surface area contributed by atoms with E-state index in [1.807, 2.05) is 42.5 Å². The van der Waals surface area contributed by atoms with Crippen LogP contribution in [0.2, 0.25) is 0 Å². The number of furan rings is 1. The third-order valence-corrected chi connectivity index (χ3v) is 23.7. The first-order valence-electron chi connectivity index (χ1n) is 40.7. The molecule has 6 nitrogen and oxygen atoms in total. The molecule has 0 aliphatic heterocycles. The summed E-state index contributed by atoms with van der Waals surface area (Å²) in [5, 5.41) is 5.69. The largest absolute Gasteiger partial charge is 0.455 e. The summed E-state index contributed by atoms with van der Waals surface area (Å²) in [5.74, 6) is 1.67. The van der Waals surface area contributed by atoms with Crippen LogP contribution in [-0.4, -0.2) is 9.13 Å². The van der Waals surface area contributed by atoms with Crippen LogP contribution in [0, 0.1) is 0 Å². The number of nitrogens with zero attached hydrogens (tertiary/aromatic N) is 4. The maximum atomic E-state index is 6.43. The molecular weight excluding hydrogens is 1450 g/mol. The molecule has 564 valence electrons. The van der Waals surface area contributed by atoms with Gasteiger partial charge in [-0.1, -0.05) is 299 Å². The predicted octanol–water partition coefficient (Wildman–Crippen LogP) is 31.4. The van der Waals surface area contributed by atoms with E-state index in [1.54, 1.807) is 0 Å². The van der Waals surface area contributed by atoms with E-state index in [2.05, 4.69) is 439 Å². The molecule has 0 saturated heterocycles. The van der Waals surface area contributed by atoms with Gasteiger partial charge in [-0.15, -0.1) is 0 Å². The third-order valence-electron chi connectivity index (χ3n) is 23.7. The highest BCUT2D eigenvalue weighted by Crippen LogP contribution is 2.52. The summed E-state index contributed by atoms with van der Waals surface area (Å²) in [6, 6.07) is 159. The predicted molar refractivity (Wildman–Crippen MR) is 497 cm³/mol. The van der Waals surface area contributed by atoms with Crippen molar-refractivity contribution in [3.8, 4) is 101 Å². The van der Waals surface area contributed by atoms with E-state index in [4.69, 9.17) is 9.15 Å². The zero-order valence-corrected chi connectivity index (χ0v) is 65.8. The number of hydrogen-bond acceptors (Lipinski definition) is 4. The Morgan fingerprint density at radius 2 is 0.647 bits per heavy atom. The molecule has 0 spiro atoms. The normalized spacial score (nSPS) is 12.0. The van der Waals surface area contributed by atoms with Crippen molar-refractivity contribution in [2.45, 2.75) is 19.3 Å². The number of anilines is 6. The second kappa shape index (κ2) is 30.4. The molecule has 18 aromatic carbocycles. The first-order valence-corrected chi connectivity index (χ1v) is 40.7. The van der Waals surface area contributed by atoms with Crippen molar-refractivity contribution in [3.05, 3.63) is 460 Å². The molecule has 1 aliphatic carbocycles. The maximum Gasteiger partial charge on any atom is 0.161 e. The second-order valence-electron chi connectivity index (χ2n) is 31.2. The van der Waals surface area contributed by atoms with Gasteiger partial charge in [0.05, 0.1) is 17.2 Å². The number of hydrogen-bond donors (Lipinski definition) is 0. The zero-order valence-electron chi connectivity index (χ0n) is 65.8. The fraction of sp³-hybridized carbons (Fsp3) is 0.0265. The van der Waals surface area contributed by atoms with Gasteiger partial charge in [0.2, 0.25) is 0 Å². The molecule has 21 aromatic rings. The average Bonchev–Trinajstić information content (AvgIpc) is 1.57. The number of para-hydroxylation sites is 4. The Kier molecular flexibility index (Phi) is 18.2. The summed E-state index contributed by atoms with van der Waals surface area (Å²) in [5.41, 5.74) is 33.3. The van der Waals surface area contributed by atoms with Crippen molar-refractivity contribution in [2.24, 2.45) is 0 Å². The van der Waals surface area contributed by atoms with Crippen LogP contribution >= 0.6 is 0 Å². The highest BCUT2D eigenvalue weighted by atomic mass is 16.5. The van der Waals surface area contributed by atoms with Gasteiger partial charge in [-0.05, 0) is 258 Å². The fourth-order valence-corrected chi connectivity index (χ4v) is 17.6. The first-order chi connectivity index (χ1) is 58.7. The average molecular weight is 1530 g/mol. The number of rotatable bonds is 16. The van der Waals surface area contributed by atoms with Crippen molar-refractivity contribution in [3.63, 3.8) is 0 Å². The molecule has 6 heteroatoms. The van der Waals surface area contributed by atoms with Gasteiger partial charge in [0.1, 0.15) is 16.8 Å². The Morgan fingerprint density at radius 3 is 1.18 bits per heavy atom. The molecule has 0 amide bonds. The van der Waals surface area contributed by atoms with Crippen LogP contribution in [0.1, 0.15) is 25.0 Å². The molecule has 0 unspecified atom stereocenters. The topological polar surface area (TPSA) is 38.7 Å².